The number of hydrogen-bond donors (Lipinski definition) is 2. The number of nitrogens with zero attached hydrogens (tertiary/aromatic N) is 2. The van der Waals surface area contributed by atoms with Crippen LogP contribution in [0.15, 0.2) is 0 Å². The number of nitrogens with one attached hydrogen (secondary N) is 2. The van der Waals surface area contributed by atoms with E-state index in [-0.39, 0.29) is 30.8 Å². The number of thiazole rings is 1. The van der Waals surface area contributed by atoms with Gasteiger partial charge in [-0.25, -0.2) is 9.78 Å². The van der Waals surface area contributed by atoms with Crippen molar-refractivity contribution >= 4 is 34.3 Å². The van der Waals surface area contributed by atoms with Crippen LogP contribution in [0.25, 0.3) is 0 Å². The van der Waals surface area contributed by atoms with Gasteiger partial charge >= 0.3 is 6.03 Å². The molecule has 1 aliphatic heterocycles. The lowest BCUT2D eigenvalue weighted by atomic mass is 9.88. The average molecular weight is 419 g/mol. The van der Waals surface area contributed by atoms with Crippen LogP contribution in [-0.4, -0.2) is 39.8 Å². The molecule has 158 valence electrons. The van der Waals surface area contributed by atoms with Crippen molar-refractivity contribution in [2.75, 3.05) is 11.9 Å². The highest BCUT2D eigenvalue weighted by molar-refractivity contribution is 7.15. The van der Waals surface area contributed by atoms with E-state index in [2.05, 4.69) is 22.5 Å². The molecule has 7 nitrogen and oxygen atoms in total. The van der Waals surface area contributed by atoms with Gasteiger partial charge in [0.25, 0.3) is 5.91 Å². The van der Waals surface area contributed by atoms with E-state index in [1.807, 2.05) is 0 Å². The average Bonchev–Trinajstić information content (AvgIpc) is 3.36. The van der Waals surface area contributed by atoms with Gasteiger partial charge in [-0.15, -0.1) is 11.3 Å². The van der Waals surface area contributed by atoms with Crippen molar-refractivity contribution in [2.24, 2.45) is 5.92 Å². The standard InChI is InChI=1S/C21H30N4O3S/c1-2-6-14-8-9-15-16(13-14)29-19(22-15)23-17(26)7-5-12-25-18(27)21(24-20(25)28)10-3-4-11-21/h14H,2-13H2,1H3,(H,24,28)(H,22,23,26). The zero-order valence-corrected chi connectivity index (χ0v) is 17.9. The van der Waals surface area contributed by atoms with Crippen LogP contribution in [0.3, 0.4) is 0 Å². The third-order valence-electron chi connectivity index (χ3n) is 6.47. The van der Waals surface area contributed by atoms with Gasteiger partial charge in [-0.3, -0.25) is 14.5 Å². The second-order valence-corrected chi connectivity index (χ2v) is 9.70. The zero-order valence-electron chi connectivity index (χ0n) is 17.1. The summed E-state index contributed by atoms with van der Waals surface area (Å²) in [5, 5.41) is 6.46. The summed E-state index contributed by atoms with van der Waals surface area (Å²) in [5.74, 6) is 0.516. The Kier molecular flexibility index (Phi) is 5.90. The van der Waals surface area contributed by atoms with Crippen LogP contribution in [0.2, 0.25) is 0 Å². The molecule has 0 aromatic carbocycles. The molecule has 1 saturated carbocycles. The zero-order chi connectivity index (χ0) is 20.4. The molecule has 4 rings (SSSR count). The molecule has 1 aromatic heterocycles. The molecule has 1 atom stereocenters. The summed E-state index contributed by atoms with van der Waals surface area (Å²) >= 11 is 1.59. The molecular weight excluding hydrogens is 388 g/mol. The molecule has 3 aliphatic rings. The van der Waals surface area contributed by atoms with E-state index in [0.29, 0.717) is 11.6 Å². The van der Waals surface area contributed by atoms with Gasteiger partial charge < -0.3 is 10.6 Å². The Labute approximate surface area is 175 Å². The van der Waals surface area contributed by atoms with Gasteiger partial charge in [-0.2, -0.15) is 0 Å². The topological polar surface area (TPSA) is 91.4 Å². The van der Waals surface area contributed by atoms with Crippen molar-refractivity contribution < 1.29 is 14.4 Å². The molecule has 1 unspecified atom stereocenters. The number of imide groups is 1. The molecule has 0 bridgehead atoms. The molecule has 2 N–H and O–H groups in total. The number of carbonyl (C=O) groups is 3. The van der Waals surface area contributed by atoms with Crippen LogP contribution in [0, 0.1) is 5.92 Å². The lowest BCUT2D eigenvalue weighted by Gasteiger charge is -2.19. The van der Waals surface area contributed by atoms with E-state index in [4.69, 9.17) is 0 Å². The van der Waals surface area contributed by atoms with Crippen LogP contribution in [0.5, 0.6) is 0 Å². The molecule has 0 radical (unpaired) electrons. The quantitative estimate of drug-likeness (QED) is 0.662. The summed E-state index contributed by atoms with van der Waals surface area (Å²) in [7, 11) is 0. The molecule has 1 aromatic rings. The summed E-state index contributed by atoms with van der Waals surface area (Å²) in [6.45, 7) is 2.51. The van der Waals surface area contributed by atoms with Crippen LogP contribution in [-0.2, 0) is 22.4 Å². The Morgan fingerprint density at radius 1 is 1.34 bits per heavy atom. The Morgan fingerprint density at radius 2 is 2.14 bits per heavy atom. The highest BCUT2D eigenvalue weighted by Crippen LogP contribution is 2.35. The highest BCUT2D eigenvalue weighted by atomic mass is 32.1. The fraction of sp³-hybridized carbons (Fsp3) is 0.714. The van der Waals surface area contributed by atoms with Gasteiger partial charge in [-0.1, -0.05) is 32.6 Å². The molecule has 2 heterocycles. The first-order chi connectivity index (χ1) is 14.0. The monoisotopic (exact) mass is 418 g/mol. The SMILES string of the molecule is CCCC1CCc2nc(NC(=O)CCCN3C(=O)NC4(CCCC4)C3=O)sc2C1. The number of hydrogen-bond acceptors (Lipinski definition) is 5. The van der Waals surface area contributed by atoms with E-state index in [9.17, 15) is 14.4 Å². The molecule has 1 saturated heterocycles. The third kappa shape index (κ3) is 4.17. The largest absolute Gasteiger partial charge is 0.325 e. The van der Waals surface area contributed by atoms with Gasteiger partial charge in [0.15, 0.2) is 5.13 Å². The molecule has 8 heteroatoms. The Hall–Kier alpha value is -1.96. The second-order valence-electron chi connectivity index (χ2n) is 8.61. The predicted molar refractivity (Wildman–Crippen MR) is 112 cm³/mol. The number of urea groups is 1. The normalized spacial score (nSPS) is 22.8. The number of aromatic nitrogens is 1. The maximum Gasteiger partial charge on any atom is 0.325 e. The van der Waals surface area contributed by atoms with Crippen molar-refractivity contribution in [2.45, 2.75) is 83.1 Å². The third-order valence-corrected chi connectivity index (χ3v) is 7.51. The van der Waals surface area contributed by atoms with Crippen LogP contribution >= 0.6 is 11.3 Å². The van der Waals surface area contributed by atoms with Crippen LogP contribution in [0.1, 0.15) is 75.3 Å². The Morgan fingerprint density at radius 3 is 2.90 bits per heavy atom. The molecule has 29 heavy (non-hydrogen) atoms. The first kappa shape index (κ1) is 20.3. The summed E-state index contributed by atoms with van der Waals surface area (Å²) in [5.41, 5.74) is 0.466. The fourth-order valence-electron chi connectivity index (χ4n) is 4.93. The smallest absolute Gasteiger partial charge is 0.323 e. The minimum absolute atomic E-state index is 0.108. The minimum Gasteiger partial charge on any atom is -0.323 e. The maximum absolute atomic E-state index is 12.6. The molecule has 2 aliphatic carbocycles. The number of rotatable bonds is 7. The van der Waals surface area contributed by atoms with Crippen molar-refractivity contribution in [3.63, 3.8) is 0 Å². The van der Waals surface area contributed by atoms with E-state index in [1.165, 1.54) is 29.0 Å². The summed E-state index contributed by atoms with van der Waals surface area (Å²) in [4.78, 5) is 44.3. The summed E-state index contributed by atoms with van der Waals surface area (Å²) in [6, 6.07) is -0.313. The minimum atomic E-state index is -0.672. The summed E-state index contributed by atoms with van der Waals surface area (Å²) in [6.07, 6.45) is 9.85. The number of carbonyl (C=O) groups excluding carboxylic acids is 3. The van der Waals surface area contributed by atoms with Crippen LogP contribution in [0.4, 0.5) is 9.93 Å². The van der Waals surface area contributed by atoms with Crippen molar-refractivity contribution in [3.8, 4) is 0 Å². The van der Waals surface area contributed by atoms with E-state index >= 15 is 0 Å². The van der Waals surface area contributed by atoms with Crippen molar-refractivity contribution in [3.05, 3.63) is 10.6 Å². The maximum atomic E-state index is 12.6. The molecular formula is C21H30N4O3S. The van der Waals surface area contributed by atoms with E-state index in [1.54, 1.807) is 11.3 Å². The number of aryl methyl sites for hydroxylation is 1. The van der Waals surface area contributed by atoms with Gasteiger partial charge in [-0.05, 0) is 44.4 Å². The number of fused-ring (bicyclic) bond motifs is 1. The number of anilines is 1. The van der Waals surface area contributed by atoms with E-state index in [0.717, 1.165) is 50.1 Å². The second kappa shape index (κ2) is 8.42. The fourth-order valence-corrected chi connectivity index (χ4v) is 6.07. The number of amides is 4. The summed E-state index contributed by atoms with van der Waals surface area (Å²) < 4.78 is 0. The van der Waals surface area contributed by atoms with E-state index < -0.39 is 5.54 Å². The lowest BCUT2D eigenvalue weighted by molar-refractivity contribution is -0.131. The van der Waals surface area contributed by atoms with Gasteiger partial charge in [0, 0.05) is 17.8 Å². The molecule has 4 amide bonds. The first-order valence-corrected chi connectivity index (χ1v) is 11.7. The van der Waals surface area contributed by atoms with Gasteiger partial charge in [0.05, 0.1) is 5.69 Å². The first-order valence-electron chi connectivity index (χ1n) is 10.9. The highest BCUT2D eigenvalue weighted by Gasteiger charge is 2.52. The molecule has 1 spiro atoms. The van der Waals surface area contributed by atoms with Crippen molar-refractivity contribution in [1.82, 2.24) is 15.2 Å². The van der Waals surface area contributed by atoms with Gasteiger partial charge in [0.1, 0.15) is 5.54 Å². The Balaban J connectivity index is 1.25. The van der Waals surface area contributed by atoms with Crippen LogP contribution < -0.4 is 10.6 Å². The van der Waals surface area contributed by atoms with Crippen molar-refractivity contribution in [1.29, 1.82) is 0 Å². The predicted octanol–water partition coefficient (Wildman–Crippen LogP) is 3.63. The van der Waals surface area contributed by atoms with Gasteiger partial charge in [0.2, 0.25) is 5.91 Å². The Bertz CT molecular complexity index is 800. The molecule has 2 fully saturated rings. The lowest BCUT2D eigenvalue weighted by Crippen LogP contribution is -2.44.